The maximum absolute atomic E-state index is 3.59. The van der Waals surface area contributed by atoms with Crippen LogP contribution in [0, 0.1) is 5.92 Å². The molecule has 0 saturated carbocycles. The van der Waals surface area contributed by atoms with Crippen LogP contribution in [0.4, 0.5) is 0 Å². The highest BCUT2D eigenvalue weighted by molar-refractivity contribution is 9.09. The molecule has 0 aliphatic carbocycles. The second kappa shape index (κ2) is 7.67. The second-order valence-electron chi connectivity index (χ2n) is 4.80. The Morgan fingerprint density at radius 3 is 2.60 bits per heavy atom. The maximum Gasteiger partial charge on any atom is 0.0103 e. The molecule has 1 unspecified atom stereocenters. The predicted molar refractivity (Wildman–Crippen MR) is 71.7 cm³/mol. The Bertz CT molecular complexity index is 155. The zero-order chi connectivity index (χ0) is 11.1. The third-order valence-electron chi connectivity index (χ3n) is 3.84. The van der Waals surface area contributed by atoms with Crippen LogP contribution in [0.25, 0.3) is 0 Å². The molecule has 0 aromatic carbocycles. The number of halogens is 1. The van der Waals surface area contributed by atoms with Crippen LogP contribution in [0.2, 0.25) is 0 Å². The van der Waals surface area contributed by atoms with Gasteiger partial charge in [0.2, 0.25) is 0 Å². The van der Waals surface area contributed by atoms with Crippen molar-refractivity contribution in [2.45, 2.75) is 58.4 Å². The van der Waals surface area contributed by atoms with Gasteiger partial charge >= 0.3 is 0 Å². The Labute approximate surface area is 104 Å². The van der Waals surface area contributed by atoms with Crippen LogP contribution in [0.5, 0.6) is 0 Å². The van der Waals surface area contributed by atoms with Gasteiger partial charge in [0.25, 0.3) is 0 Å². The largest absolute Gasteiger partial charge is 0.300 e. The van der Waals surface area contributed by atoms with Crippen LogP contribution < -0.4 is 0 Å². The first-order chi connectivity index (χ1) is 7.31. The zero-order valence-electron chi connectivity index (χ0n) is 10.3. The van der Waals surface area contributed by atoms with Crippen molar-refractivity contribution in [2.75, 3.05) is 18.4 Å². The van der Waals surface area contributed by atoms with E-state index < -0.39 is 0 Å². The third kappa shape index (κ3) is 4.44. The Balaban J connectivity index is 2.40. The molecule has 1 aliphatic heterocycles. The lowest BCUT2D eigenvalue weighted by Gasteiger charge is -2.37. The predicted octanol–water partition coefficient (Wildman–Crippen LogP) is 4.06. The number of rotatable bonds is 6. The Morgan fingerprint density at radius 2 is 2.00 bits per heavy atom. The molecule has 0 bridgehead atoms. The Kier molecular flexibility index (Phi) is 6.91. The van der Waals surface area contributed by atoms with Gasteiger partial charge < -0.3 is 4.90 Å². The molecular weight excluding hydrogens is 250 g/mol. The Morgan fingerprint density at radius 1 is 1.27 bits per heavy atom. The van der Waals surface area contributed by atoms with E-state index in [2.05, 4.69) is 34.7 Å². The summed E-state index contributed by atoms with van der Waals surface area (Å²) in [7, 11) is 0. The van der Waals surface area contributed by atoms with Gasteiger partial charge in [0.1, 0.15) is 0 Å². The fraction of sp³-hybridized carbons (Fsp3) is 1.00. The van der Waals surface area contributed by atoms with Gasteiger partial charge in [-0.05, 0) is 31.7 Å². The standard InChI is InChI=1S/C13H26BrN/c1-3-12(4-2)11-15-10-6-5-7-13(15)8-9-14/h12-13H,3-11H2,1-2H3. The highest BCUT2D eigenvalue weighted by Crippen LogP contribution is 2.23. The van der Waals surface area contributed by atoms with Crippen LogP contribution in [-0.2, 0) is 0 Å². The first kappa shape index (κ1) is 13.5. The van der Waals surface area contributed by atoms with Gasteiger partial charge in [-0.25, -0.2) is 0 Å². The van der Waals surface area contributed by atoms with Gasteiger partial charge in [0.05, 0.1) is 0 Å². The molecule has 1 atom stereocenters. The molecule has 2 heteroatoms. The molecule has 0 N–H and O–H groups in total. The van der Waals surface area contributed by atoms with Crippen LogP contribution >= 0.6 is 15.9 Å². The summed E-state index contributed by atoms with van der Waals surface area (Å²) in [4.78, 5) is 2.75. The molecule has 1 saturated heterocycles. The number of piperidine rings is 1. The van der Waals surface area contributed by atoms with Crippen molar-refractivity contribution in [3.05, 3.63) is 0 Å². The zero-order valence-corrected chi connectivity index (χ0v) is 11.9. The van der Waals surface area contributed by atoms with Crippen LogP contribution in [0.15, 0.2) is 0 Å². The molecule has 0 aromatic heterocycles. The summed E-state index contributed by atoms with van der Waals surface area (Å²) in [5.41, 5.74) is 0. The lowest BCUT2D eigenvalue weighted by Crippen LogP contribution is -2.42. The fourth-order valence-electron chi connectivity index (χ4n) is 2.63. The van der Waals surface area contributed by atoms with E-state index in [0.29, 0.717) is 0 Å². The van der Waals surface area contributed by atoms with Crippen molar-refractivity contribution in [1.29, 1.82) is 0 Å². The fourth-order valence-corrected chi connectivity index (χ4v) is 3.16. The highest BCUT2D eigenvalue weighted by Gasteiger charge is 2.23. The minimum atomic E-state index is 0.860. The van der Waals surface area contributed by atoms with Crippen LogP contribution in [0.3, 0.4) is 0 Å². The number of nitrogens with zero attached hydrogens (tertiary/aromatic N) is 1. The molecule has 90 valence electrons. The quantitative estimate of drug-likeness (QED) is 0.661. The SMILES string of the molecule is CCC(CC)CN1CCCCC1CCBr. The van der Waals surface area contributed by atoms with Crippen molar-refractivity contribution in [1.82, 2.24) is 4.90 Å². The minimum absolute atomic E-state index is 0.860. The summed E-state index contributed by atoms with van der Waals surface area (Å²) in [5, 5.41) is 1.16. The number of hydrogen-bond donors (Lipinski definition) is 0. The van der Waals surface area contributed by atoms with E-state index in [-0.39, 0.29) is 0 Å². The maximum atomic E-state index is 3.59. The first-order valence-corrected chi connectivity index (χ1v) is 7.73. The van der Waals surface area contributed by atoms with Gasteiger partial charge in [-0.3, -0.25) is 0 Å². The molecule has 1 rings (SSSR count). The summed E-state index contributed by atoms with van der Waals surface area (Å²) in [6, 6.07) is 0.860. The molecule has 15 heavy (non-hydrogen) atoms. The van der Waals surface area contributed by atoms with Gasteiger partial charge in [-0.15, -0.1) is 0 Å². The van der Waals surface area contributed by atoms with E-state index >= 15 is 0 Å². The minimum Gasteiger partial charge on any atom is -0.300 e. The van der Waals surface area contributed by atoms with Gasteiger partial charge in [0.15, 0.2) is 0 Å². The molecule has 0 radical (unpaired) electrons. The van der Waals surface area contributed by atoms with Crippen molar-refractivity contribution >= 4 is 15.9 Å². The average molecular weight is 276 g/mol. The molecular formula is C13H26BrN. The van der Waals surface area contributed by atoms with E-state index in [1.807, 2.05) is 0 Å². The summed E-state index contributed by atoms with van der Waals surface area (Å²) < 4.78 is 0. The van der Waals surface area contributed by atoms with E-state index in [4.69, 9.17) is 0 Å². The van der Waals surface area contributed by atoms with E-state index in [1.165, 1.54) is 51.6 Å². The number of hydrogen-bond acceptors (Lipinski definition) is 1. The molecule has 0 aromatic rings. The highest BCUT2D eigenvalue weighted by atomic mass is 79.9. The molecule has 0 spiro atoms. The van der Waals surface area contributed by atoms with Gasteiger partial charge in [-0.1, -0.05) is 49.0 Å². The molecule has 1 aliphatic rings. The summed E-state index contributed by atoms with van der Waals surface area (Å²) >= 11 is 3.59. The average Bonchev–Trinajstić information content (AvgIpc) is 2.28. The van der Waals surface area contributed by atoms with E-state index in [0.717, 1.165) is 17.3 Å². The number of likely N-dealkylation sites (tertiary alicyclic amines) is 1. The third-order valence-corrected chi connectivity index (χ3v) is 4.30. The summed E-state index contributed by atoms with van der Waals surface area (Å²) in [6.07, 6.45) is 8.30. The Hall–Kier alpha value is 0.440. The van der Waals surface area contributed by atoms with E-state index in [1.54, 1.807) is 0 Å². The normalized spacial score (nSPS) is 23.6. The molecule has 0 amide bonds. The van der Waals surface area contributed by atoms with Crippen molar-refractivity contribution in [3.8, 4) is 0 Å². The second-order valence-corrected chi connectivity index (χ2v) is 5.60. The first-order valence-electron chi connectivity index (χ1n) is 6.61. The van der Waals surface area contributed by atoms with Crippen molar-refractivity contribution < 1.29 is 0 Å². The van der Waals surface area contributed by atoms with Gasteiger partial charge in [-0.2, -0.15) is 0 Å². The summed E-state index contributed by atoms with van der Waals surface area (Å²) in [5.74, 6) is 0.918. The van der Waals surface area contributed by atoms with Gasteiger partial charge in [0, 0.05) is 17.9 Å². The molecule has 1 heterocycles. The van der Waals surface area contributed by atoms with Crippen LogP contribution in [-0.4, -0.2) is 29.4 Å². The lowest BCUT2D eigenvalue weighted by molar-refractivity contribution is 0.120. The smallest absolute Gasteiger partial charge is 0.0103 e. The number of alkyl halides is 1. The van der Waals surface area contributed by atoms with Crippen molar-refractivity contribution in [3.63, 3.8) is 0 Å². The summed E-state index contributed by atoms with van der Waals surface area (Å²) in [6.45, 7) is 7.34. The lowest BCUT2D eigenvalue weighted by atomic mass is 9.96. The monoisotopic (exact) mass is 275 g/mol. The topological polar surface area (TPSA) is 3.24 Å². The molecule has 1 nitrogen and oxygen atoms in total. The van der Waals surface area contributed by atoms with E-state index in [9.17, 15) is 0 Å². The molecule has 1 fully saturated rings. The van der Waals surface area contributed by atoms with Crippen molar-refractivity contribution in [2.24, 2.45) is 5.92 Å². The van der Waals surface area contributed by atoms with Crippen LogP contribution in [0.1, 0.15) is 52.4 Å².